The maximum Gasteiger partial charge on any atom is 0.330 e. The molecule has 4 heteroatoms. The minimum Gasteiger partial charge on any atom is -0.454 e. The van der Waals surface area contributed by atoms with Crippen molar-refractivity contribution in [3.8, 4) is 0 Å². The Morgan fingerprint density at radius 3 is 2.64 bits per heavy atom. The number of carbonyl (C=O) groups is 1. The summed E-state index contributed by atoms with van der Waals surface area (Å²) >= 11 is 0. The summed E-state index contributed by atoms with van der Waals surface area (Å²) in [5.41, 5.74) is 0. The topological polar surface area (TPSA) is 44.8 Å². The van der Waals surface area contributed by atoms with Crippen molar-refractivity contribution in [2.75, 3.05) is 13.2 Å². The van der Waals surface area contributed by atoms with Gasteiger partial charge >= 0.3 is 5.97 Å². The minimum absolute atomic E-state index is 0.319. The Kier molecular flexibility index (Phi) is 3.66. The largest absolute Gasteiger partial charge is 0.454 e. The molecule has 14 heavy (non-hydrogen) atoms. The number of carbonyl (C=O) groups excluding carboxylic acids is 1. The van der Waals surface area contributed by atoms with Gasteiger partial charge in [-0.1, -0.05) is 13.5 Å². The fraction of sp³-hybridized carbons (Fsp3) is 0.700. The first kappa shape index (κ1) is 11.2. The molecule has 0 unspecified atom stereocenters. The average molecular weight is 200 g/mol. The van der Waals surface area contributed by atoms with Crippen molar-refractivity contribution in [3.63, 3.8) is 0 Å². The molecular formula is C10H16O4. The molecule has 0 aromatic carbocycles. The van der Waals surface area contributed by atoms with Crippen molar-refractivity contribution in [1.82, 2.24) is 0 Å². The van der Waals surface area contributed by atoms with E-state index in [0.717, 1.165) is 12.5 Å². The Balaban J connectivity index is 2.36. The zero-order valence-corrected chi connectivity index (χ0v) is 8.62. The van der Waals surface area contributed by atoms with Gasteiger partial charge in [0.15, 0.2) is 5.79 Å². The van der Waals surface area contributed by atoms with Crippen LogP contribution in [0.2, 0.25) is 0 Å². The average Bonchev–Trinajstić information content (AvgIpc) is 2.21. The van der Waals surface area contributed by atoms with Gasteiger partial charge in [0.2, 0.25) is 0 Å². The smallest absolute Gasteiger partial charge is 0.330 e. The maximum absolute atomic E-state index is 10.9. The fourth-order valence-electron chi connectivity index (χ4n) is 1.11. The summed E-state index contributed by atoms with van der Waals surface area (Å²) in [5, 5.41) is 0. The van der Waals surface area contributed by atoms with Gasteiger partial charge in [-0.3, -0.25) is 0 Å². The fourth-order valence-corrected chi connectivity index (χ4v) is 1.11. The number of rotatable bonds is 3. The molecule has 0 N–H and O–H groups in total. The first-order chi connectivity index (χ1) is 6.59. The van der Waals surface area contributed by atoms with E-state index in [0.29, 0.717) is 13.2 Å². The standard InChI is InChI=1S/C10H16O4/c1-4-9(11)14-8-6-12-10(3,5-2)13-7-8/h4,8H,1,5-7H2,2-3H3. The zero-order chi connectivity index (χ0) is 10.6. The lowest BCUT2D eigenvalue weighted by Gasteiger charge is -2.36. The van der Waals surface area contributed by atoms with E-state index in [9.17, 15) is 4.79 Å². The molecule has 0 spiro atoms. The highest BCUT2D eigenvalue weighted by molar-refractivity contribution is 5.81. The van der Waals surface area contributed by atoms with Gasteiger partial charge in [0.1, 0.15) is 6.10 Å². The Labute approximate surface area is 83.8 Å². The van der Waals surface area contributed by atoms with Crippen LogP contribution in [0.1, 0.15) is 20.3 Å². The Morgan fingerprint density at radius 1 is 1.64 bits per heavy atom. The van der Waals surface area contributed by atoms with E-state index in [1.165, 1.54) is 0 Å². The highest BCUT2D eigenvalue weighted by Gasteiger charge is 2.32. The van der Waals surface area contributed by atoms with Gasteiger partial charge in [-0.25, -0.2) is 4.79 Å². The number of hydrogen-bond donors (Lipinski definition) is 0. The molecule has 0 amide bonds. The van der Waals surface area contributed by atoms with Crippen molar-refractivity contribution in [1.29, 1.82) is 0 Å². The highest BCUT2D eigenvalue weighted by atomic mass is 16.7. The summed E-state index contributed by atoms with van der Waals surface area (Å²) < 4.78 is 15.8. The molecule has 1 aliphatic heterocycles. The molecule has 1 heterocycles. The van der Waals surface area contributed by atoms with Crippen molar-refractivity contribution >= 4 is 5.97 Å². The molecule has 1 rings (SSSR count). The SMILES string of the molecule is C=CC(=O)OC1COC(C)(CC)OC1. The summed E-state index contributed by atoms with van der Waals surface area (Å²) in [6.45, 7) is 7.93. The molecule has 1 fully saturated rings. The molecule has 4 nitrogen and oxygen atoms in total. The van der Waals surface area contributed by atoms with Gasteiger partial charge in [0.05, 0.1) is 13.2 Å². The monoisotopic (exact) mass is 200 g/mol. The Bertz CT molecular complexity index is 216. The van der Waals surface area contributed by atoms with Crippen molar-refractivity contribution in [2.45, 2.75) is 32.2 Å². The van der Waals surface area contributed by atoms with Crippen LogP contribution < -0.4 is 0 Å². The van der Waals surface area contributed by atoms with Crippen LogP contribution in [0, 0.1) is 0 Å². The van der Waals surface area contributed by atoms with Crippen LogP contribution in [0.5, 0.6) is 0 Å². The number of esters is 1. The predicted octanol–water partition coefficient (Wildman–Crippen LogP) is 1.26. The molecule has 0 bridgehead atoms. The molecular weight excluding hydrogens is 184 g/mol. The van der Waals surface area contributed by atoms with Crippen LogP contribution in [-0.4, -0.2) is 31.1 Å². The zero-order valence-electron chi connectivity index (χ0n) is 8.62. The summed E-state index contributed by atoms with van der Waals surface area (Å²) in [6.07, 6.45) is 1.59. The van der Waals surface area contributed by atoms with Gasteiger partial charge < -0.3 is 14.2 Å². The summed E-state index contributed by atoms with van der Waals surface area (Å²) in [6, 6.07) is 0. The van der Waals surface area contributed by atoms with Crippen LogP contribution in [0.3, 0.4) is 0 Å². The summed E-state index contributed by atoms with van der Waals surface area (Å²) in [5.74, 6) is -0.973. The third-order valence-corrected chi connectivity index (χ3v) is 2.24. The van der Waals surface area contributed by atoms with Crippen LogP contribution >= 0.6 is 0 Å². The molecule has 0 saturated carbocycles. The van der Waals surface area contributed by atoms with Gasteiger partial charge in [-0.05, 0) is 13.3 Å². The van der Waals surface area contributed by atoms with Gasteiger partial charge in [-0.2, -0.15) is 0 Å². The Hall–Kier alpha value is -0.870. The molecule has 1 aliphatic rings. The Morgan fingerprint density at radius 2 is 2.21 bits per heavy atom. The third kappa shape index (κ3) is 2.82. The normalized spacial score (nSPS) is 32.3. The lowest BCUT2D eigenvalue weighted by atomic mass is 10.2. The second-order valence-corrected chi connectivity index (χ2v) is 3.37. The van der Waals surface area contributed by atoms with E-state index in [2.05, 4.69) is 6.58 Å². The maximum atomic E-state index is 10.9. The summed E-state index contributed by atoms with van der Waals surface area (Å²) in [7, 11) is 0. The van der Waals surface area contributed by atoms with Crippen LogP contribution in [0.15, 0.2) is 12.7 Å². The van der Waals surface area contributed by atoms with E-state index in [1.807, 2.05) is 13.8 Å². The second kappa shape index (κ2) is 4.57. The van der Waals surface area contributed by atoms with E-state index < -0.39 is 11.8 Å². The van der Waals surface area contributed by atoms with Crippen molar-refractivity contribution in [3.05, 3.63) is 12.7 Å². The first-order valence-corrected chi connectivity index (χ1v) is 4.70. The van der Waals surface area contributed by atoms with Crippen LogP contribution in [0.25, 0.3) is 0 Å². The lowest BCUT2D eigenvalue weighted by molar-refractivity contribution is -0.285. The number of ether oxygens (including phenoxy) is 3. The van der Waals surface area contributed by atoms with Crippen molar-refractivity contribution < 1.29 is 19.0 Å². The van der Waals surface area contributed by atoms with Crippen molar-refractivity contribution in [2.24, 2.45) is 0 Å². The number of hydrogen-bond acceptors (Lipinski definition) is 4. The molecule has 0 aliphatic carbocycles. The van der Waals surface area contributed by atoms with Gasteiger partial charge in [0, 0.05) is 6.08 Å². The quantitative estimate of drug-likeness (QED) is 0.508. The third-order valence-electron chi connectivity index (χ3n) is 2.24. The van der Waals surface area contributed by atoms with Gasteiger partial charge in [0.25, 0.3) is 0 Å². The first-order valence-electron chi connectivity index (χ1n) is 4.70. The molecule has 1 saturated heterocycles. The summed E-state index contributed by atoms with van der Waals surface area (Å²) in [4.78, 5) is 10.9. The molecule has 80 valence electrons. The molecule has 0 radical (unpaired) electrons. The molecule has 0 aromatic heterocycles. The van der Waals surface area contributed by atoms with Crippen LogP contribution in [0.4, 0.5) is 0 Å². The lowest BCUT2D eigenvalue weighted by Crippen LogP contribution is -2.45. The predicted molar refractivity (Wildman–Crippen MR) is 50.7 cm³/mol. The van der Waals surface area contributed by atoms with Crippen LogP contribution in [-0.2, 0) is 19.0 Å². The van der Waals surface area contributed by atoms with E-state index in [1.54, 1.807) is 0 Å². The minimum atomic E-state index is -0.531. The van der Waals surface area contributed by atoms with Gasteiger partial charge in [-0.15, -0.1) is 0 Å². The van der Waals surface area contributed by atoms with E-state index in [4.69, 9.17) is 14.2 Å². The highest BCUT2D eigenvalue weighted by Crippen LogP contribution is 2.22. The van der Waals surface area contributed by atoms with E-state index >= 15 is 0 Å². The molecule has 0 aromatic rings. The second-order valence-electron chi connectivity index (χ2n) is 3.37. The molecule has 0 atom stereocenters. The van der Waals surface area contributed by atoms with E-state index in [-0.39, 0.29) is 6.10 Å².